The van der Waals surface area contributed by atoms with Crippen molar-refractivity contribution in [3.8, 4) is 0 Å². The molecule has 0 unspecified atom stereocenters. The number of carbonyl (C=O) groups is 1. The van der Waals surface area contributed by atoms with Crippen LogP contribution in [0.15, 0.2) is 0 Å². The molecule has 0 fully saturated rings. The lowest BCUT2D eigenvalue weighted by Gasteiger charge is -2.19. The van der Waals surface area contributed by atoms with E-state index in [4.69, 9.17) is 15.6 Å². The third-order valence-corrected chi connectivity index (χ3v) is 3.86. The van der Waals surface area contributed by atoms with Gasteiger partial charge in [-0.3, -0.25) is 0 Å². The molecule has 0 bridgehead atoms. The lowest BCUT2D eigenvalue weighted by Crippen LogP contribution is -2.33. The second-order valence-electron chi connectivity index (χ2n) is 8.04. The number of amides is 1. The summed E-state index contributed by atoms with van der Waals surface area (Å²) in [6, 6.07) is 0. The first-order valence-electron chi connectivity index (χ1n) is 10.7. The van der Waals surface area contributed by atoms with Crippen molar-refractivity contribution in [1.29, 1.82) is 0 Å². The number of nitrogens with zero attached hydrogens (tertiary/aromatic N) is 4. The van der Waals surface area contributed by atoms with Gasteiger partial charge in [-0.2, -0.15) is 15.0 Å². The van der Waals surface area contributed by atoms with Gasteiger partial charge in [-0.25, -0.2) is 4.79 Å². The Hall–Kier alpha value is -2.44. The highest BCUT2D eigenvalue weighted by atomic mass is 16.6. The molecule has 31 heavy (non-hydrogen) atoms. The van der Waals surface area contributed by atoms with E-state index in [2.05, 4.69) is 36.2 Å². The van der Waals surface area contributed by atoms with Crippen LogP contribution in [0.5, 0.6) is 0 Å². The largest absolute Gasteiger partial charge is 0.444 e. The second kappa shape index (κ2) is 14.5. The average molecular weight is 442 g/mol. The van der Waals surface area contributed by atoms with Crippen LogP contribution in [0.3, 0.4) is 0 Å². The molecule has 1 heterocycles. The van der Waals surface area contributed by atoms with E-state index in [1.54, 1.807) is 0 Å². The molecule has 0 atom stereocenters. The summed E-state index contributed by atoms with van der Waals surface area (Å²) in [4.78, 5) is 26.8. The number of carbonyl (C=O) groups excluding carboxylic acids is 1. The van der Waals surface area contributed by atoms with Gasteiger partial charge in [0, 0.05) is 39.3 Å². The fraction of sp³-hybridized carbons (Fsp3) is 0.789. The molecule has 12 nitrogen and oxygen atoms in total. The normalized spacial score (nSPS) is 11.3. The number of hydrogen-bond acceptors (Lipinski definition) is 11. The van der Waals surface area contributed by atoms with E-state index in [0.29, 0.717) is 63.5 Å². The van der Waals surface area contributed by atoms with E-state index in [0.717, 1.165) is 13.0 Å². The molecule has 1 amide bonds. The van der Waals surface area contributed by atoms with Gasteiger partial charge in [0.2, 0.25) is 17.8 Å². The summed E-state index contributed by atoms with van der Waals surface area (Å²) in [5, 5.41) is 21.2. The highest BCUT2D eigenvalue weighted by Crippen LogP contribution is 2.10. The number of nitrogens with one attached hydrogen (secondary N) is 4. The van der Waals surface area contributed by atoms with Crippen molar-refractivity contribution < 1.29 is 14.6 Å². The van der Waals surface area contributed by atoms with Crippen molar-refractivity contribution in [3.63, 3.8) is 0 Å². The molecule has 0 aromatic carbocycles. The quantitative estimate of drug-likeness (QED) is 0.207. The molecule has 0 aliphatic rings. The molecule has 0 aliphatic heterocycles. The first kappa shape index (κ1) is 26.6. The van der Waals surface area contributed by atoms with Crippen LogP contribution in [-0.4, -0.2) is 96.1 Å². The number of likely N-dealkylation sites (N-methyl/N-ethyl adjacent to an activating group) is 1. The maximum atomic E-state index is 11.7. The van der Waals surface area contributed by atoms with Gasteiger partial charge in [-0.1, -0.05) is 0 Å². The lowest BCUT2D eigenvalue weighted by molar-refractivity contribution is 0.0528. The molecule has 1 aromatic heterocycles. The third kappa shape index (κ3) is 13.5. The standard InChI is InChI=1S/C19H39N9O3/c1-19(2,3)31-18(30)24-10-6-9-22-16-25-15(21-8-5-7-20)26-17(27-16)23-11-12-28(4)13-14-29/h29H,5-14,20H2,1-4H3,(H,24,30)(H3,21,22,23,25,26,27). The Balaban J connectivity index is 2.54. The topological polar surface area (TPSA) is 163 Å². The van der Waals surface area contributed by atoms with Gasteiger partial charge in [-0.05, 0) is 47.2 Å². The Labute approximate surface area is 184 Å². The highest BCUT2D eigenvalue weighted by Gasteiger charge is 2.15. The van der Waals surface area contributed by atoms with Crippen LogP contribution in [-0.2, 0) is 4.74 Å². The van der Waals surface area contributed by atoms with Crippen LogP contribution in [0.4, 0.5) is 22.6 Å². The first-order valence-corrected chi connectivity index (χ1v) is 10.7. The molecule has 0 aliphatic carbocycles. The minimum absolute atomic E-state index is 0.119. The summed E-state index contributed by atoms with van der Waals surface area (Å²) >= 11 is 0. The number of anilines is 3. The second-order valence-corrected chi connectivity index (χ2v) is 8.04. The van der Waals surface area contributed by atoms with Crippen LogP contribution in [0.1, 0.15) is 33.6 Å². The molecule has 0 spiro atoms. The van der Waals surface area contributed by atoms with Gasteiger partial charge < -0.3 is 41.7 Å². The van der Waals surface area contributed by atoms with Gasteiger partial charge in [0.05, 0.1) is 6.61 Å². The summed E-state index contributed by atoms with van der Waals surface area (Å²) in [6.45, 7) is 9.85. The van der Waals surface area contributed by atoms with E-state index in [1.165, 1.54) is 0 Å². The monoisotopic (exact) mass is 441 g/mol. The number of hydrogen-bond donors (Lipinski definition) is 6. The molecule has 12 heteroatoms. The van der Waals surface area contributed by atoms with Crippen molar-refractivity contribution in [2.24, 2.45) is 5.73 Å². The van der Waals surface area contributed by atoms with E-state index < -0.39 is 11.7 Å². The van der Waals surface area contributed by atoms with Gasteiger partial charge in [0.25, 0.3) is 0 Å². The van der Waals surface area contributed by atoms with E-state index in [1.807, 2.05) is 32.7 Å². The summed E-state index contributed by atoms with van der Waals surface area (Å²) in [7, 11) is 1.93. The molecule has 7 N–H and O–H groups in total. The molecule has 1 rings (SSSR count). The van der Waals surface area contributed by atoms with E-state index >= 15 is 0 Å². The number of aliphatic hydroxyl groups is 1. The van der Waals surface area contributed by atoms with Crippen LogP contribution in [0, 0.1) is 0 Å². The van der Waals surface area contributed by atoms with E-state index in [9.17, 15) is 4.79 Å². The molecule has 0 saturated heterocycles. The average Bonchev–Trinajstić information content (AvgIpc) is 2.67. The number of aromatic nitrogens is 3. The predicted molar refractivity (Wildman–Crippen MR) is 122 cm³/mol. The number of aliphatic hydroxyl groups excluding tert-OH is 1. The fourth-order valence-electron chi connectivity index (χ4n) is 2.35. The number of ether oxygens (including phenoxy) is 1. The summed E-state index contributed by atoms with van der Waals surface area (Å²) < 4.78 is 5.20. The molecule has 178 valence electrons. The van der Waals surface area contributed by atoms with Gasteiger partial charge in [0.1, 0.15) is 5.60 Å². The SMILES string of the molecule is CN(CCO)CCNc1nc(NCCCN)nc(NCCCNC(=O)OC(C)(C)C)n1. The third-order valence-electron chi connectivity index (χ3n) is 3.86. The van der Waals surface area contributed by atoms with Gasteiger partial charge in [0.15, 0.2) is 0 Å². The van der Waals surface area contributed by atoms with Crippen molar-refractivity contribution in [2.45, 2.75) is 39.2 Å². The van der Waals surface area contributed by atoms with E-state index in [-0.39, 0.29) is 6.61 Å². The Kier molecular flexibility index (Phi) is 12.5. The Morgan fingerprint density at radius 3 is 2.03 bits per heavy atom. The summed E-state index contributed by atoms with van der Waals surface area (Å²) in [5.74, 6) is 1.36. The maximum Gasteiger partial charge on any atom is 0.407 e. The van der Waals surface area contributed by atoms with Crippen LogP contribution < -0.4 is 27.0 Å². The van der Waals surface area contributed by atoms with Gasteiger partial charge in [-0.15, -0.1) is 0 Å². The Bertz CT molecular complexity index is 641. The predicted octanol–water partition coefficient (Wildman–Crippen LogP) is 0.295. The van der Waals surface area contributed by atoms with Crippen LogP contribution in [0.25, 0.3) is 0 Å². The molecule has 1 aromatic rings. The zero-order valence-corrected chi connectivity index (χ0v) is 19.2. The highest BCUT2D eigenvalue weighted by molar-refractivity contribution is 5.67. The zero-order valence-electron chi connectivity index (χ0n) is 19.2. The number of rotatable bonds is 15. The maximum absolute atomic E-state index is 11.7. The van der Waals surface area contributed by atoms with Crippen LogP contribution >= 0.6 is 0 Å². The fourth-order valence-corrected chi connectivity index (χ4v) is 2.35. The molecular formula is C19H39N9O3. The van der Waals surface area contributed by atoms with Crippen molar-refractivity contribution in [3.05, 3.63) is 0 Å². The zero-order chi connectivity index (χ0) is 23.1. The molecular weight excluding hydrogens is 402 g/mol. The smallest absolute Gasteiger partial charge is 0.407 e. The number of nitrogens with two attached hydrogens (primary N) is 1. The Morgan fingerprint density at radius 2 is 1.52 bits per heavy atom. The summed E-state index contributed by atoms with van der Waals surface area (Å²) in [6.07, 6.45) is 1.05. The lowest BCUT2D eigenvalue weighted by atomic mass is 10.2. The van der Waals surface area contributed by atoms with Crippen molar-refractivity contribution in [2.75, 3.05) is 75.4 Å². The number of alkyl carbamates (subject to hydrolysis) is 1. The van der Waals surface area contributed by atoms with Crippen molar-refractivity contribution in [1.82, 2.24) is 25.2 Å². The first-order chi connectivity index (χ1) is 14.7. The molecule has 0 radical (unpaired) electrons. The molecule has 0 saturated carbocycles. The summed E-state index contributed by atoms with van der Waals surface area (Å²) in [5.41, 5.74) is 5.02. The minimum atomic E-state index is -0.517. The minimum Gasteiger partial charge on any atom is -0.444 e. The van der Waals surface area contributed by atoms with Crippen molar-refractivity contribution >= 4 is 23.9 Å². The van der Waals surface area contributed by atoms with Crippen LogP contribution in [0.2, 0.25) is 0 Å². The van der Waals surface area contributed by atoms with Gasteiger partial charge >= 0.3 is 6.09 Å². The Morgan fingerprint density at radius 1 is 0.968 bits per heavy atom.